The van der Waals surface area contributed by atoms with Gasteiger partial charge in [0.25, 0.3) is 0 Å². The molecule has 0 unspecified atom stereocenters. The van der Waals surface area contributed by atoms with Gasteiger partial charge < -0.3 is 0 Å². The number of nitrogens with zero attached hydrogens (tertiary/aromatic N) is 1. The van der Waals surface area contributed by atoms with Crippen molar-refractivity contribution in [3.05, 3.63) is 0 Å². The fourth-order valence-corrected chi connectivity index (χ4v) is 5.75. The van der Waals surface area contributed by atoms with Crippen molar-refractivity contribution in [3.8, 4) is 0 Å². The second-order valence-corrected chi connectivity index (χ2v) is 8.98. The Balaban J connectivity index is 5.50. The van der Waals surface area contributed by atoms with Crippen LogP contribution < -0.4 is 4.72 Å². The van der Waals surface area contributed by atoms with Crippen molar-refractivity contribution in [1.82, 2.24) is 9.03 Å². The molecule has 98 valence electrons. The molecule has 0 rings (SSSR count). The molecule has 0 aromatic rings. The van der Waals surface area contributed by atoms with E-state index in [4.69, 9.17) is 0 Å². The van der Waals surface area contributed by atoms with Crippen molar-refractivity contribution in [3.63, 3.8) is 0 Å². The molecule has 0 aliphatic carbocycles. The van der Waals surface area contributed by atoms with E-state index in [9.17, 15) is 16.8 Å². The van der Waals surface area contributed by atoms with E-state index in [-0.39, 0.29) is 6.54 Å². The molecule has 0 aromatic heterocycles. The lowest BCUT2D eigenvalue weighted by Gasteiger charge is -2.28. The second-order valence-electron chi connectivity index (χ2n) is 3.93. The molecule has 0 fully saturated rings. The Morgan fingerprint density at radius 3 is 1.62 bits per heavy atom. The number of nitrogens with one attached hydrogen (secondary N) is 1. The highest BCUT2D eigenvalue weighted by molar-refractivity contribution is 8.65. The Hall–Kier alpha value is -0.180. The molecular weight excluding hydrogens is 252 g/mol. The predicted molar refractivity (Wildman–Crippen MR) is 63.6 cm³/mol. The standard InChI is InChI=1S/C8H20N2O4S2/c1-6-9-15(11,12)16(13,14)10(7(2)3)8(4)5/h7-9H,6H2,1-5H3. The third-order valence-corrected chi connectivity index (χ3v) is 6.96. The van der Waals surface area contributed by atoms with Gasteiger partial charge in [0, 0.05) is 18.6 Å². The topological polar surface area (TPSA) is 83.5 Å². The highest BCUT2D eigenvalue weighted by Gasteiger charge is 2.38. The first kappa shape index (κ1) is 15.8. The van der Waals surface area contributed by atoms with Gasteiger partial charge in [0.15, 0.2) is 0 Å². The van der Waals surface area contributed by atoms with Crippen LogP contribution >= 0.6 is 0 Å². The molecule has 8 heteroatoms. The van der Waals surface area contributed by atoms with E-state index in [0.29, 0.717) is 0 Å². The molecule has 0 radical (unpaired) electrons. The Kier molecular flexibility index (Phi) is 5.37. The summed E-state index contributed by atoms with van der Waals surface area (Å²) in [4.78, 5) is 0. The van der Waals surface area contributed by atoms with E-state index in [1.807, 2.05) is 4.72 Å². The first-order valence-electron chi connectivity index (χ1n) is 5.11. The predicted octanol–water partition coefficient (Wildman–Crippen LogP) is 0.289. The van der Waals surface area contributed by atoms with Gasteiger partial charge in [0.1, 0.15) is 0 Å². The summed E-state index contributed by atoms with van der Waals surface area (Å²) in [5, 5.41) is 0. The third-order valence-electron chi connectivity index (χ3n) is 1.87. The summed E-state index contributed by atoms with van der Waals surface area (Å²) in [5.74, 6) is 0. The number of hydrogen-bond acceptors (Lipinski definition) is 4. The maximum atomic E-state index is 11.9. The lowest BCUT2D eigenvalue weighted by molar-refractivity contribution is 0.307. The molecule has 0 saturated carbocycles. The van der Waals surface area contributed by atoms with Gasteiger partial charge >= 0.3 is 18.1 Å². The molecular formula is C8H20N2O4S2. The monoisotopic (exact) mass is 272 g/mol. The minimum Gasteiger partial charge on any atom is -0.201 e. The fraction of sp³-hybridized carbons (Fsp3) is 1.00. The Morgan fingerprint density at radius 1 is 1.00 bits per heavy atom. The largest absolute Gasteiger partial charge is 0.334 e. The summed E-state index contributed by atoms with van der Waals surface area (Å²) < 4.78 is 49.9. The zero-order chi connectivity index (χ0) is 13.1. The quantitative estimate of drug-likeness (QED) is 0.704. The Bertz CT molecular complexity index is 403. The van der Waals surface area contributed by atoms with Crippen molar-refractivity contribution >= 4 is 18.1 Å². The van der Waals surface area contributed by atoms with Crippen LogP contribution in [0.5, 0.6) is 0 Å². The molecule has 0 aliphatic heterocycles. The molecule has 0 amide bonds. The van der Waals surface area contributed by atoms with Gasteiger partial charge in [-0.25, -0.2) is 4.72 Å². The van der Waals surface area contributed by atoms with Crippen molar-refractivity contribution in [1.29, 1.82) is 0 Å². The minimum absolute atomic E-state index is 0.0472. The summed E-state index contributed by atoms with van der Waals surface area (Å²) in [6, 6.07) is -0.808. The fourth-order valence-electron chi connectivity index (χ4n) is 1.48. The van der Waals surface area contributed by atoms with Crippen LogP contribution in [-0.4, -0.2) is 39.8 Å². The van der Waals surface area contributed by atoms with E-state index in [0.717, 1.165) is 4.31 Å². The van der Waals surface area contributed by atoms with Crippen LogP contribution in [0.25, 0.3) is 0 Å². The SMILES string of the molecule is CCNS(=O)(=O)S(=O)(=O)N(C(C)C)C(C)C. The van der Waals surface area contributed by atoms with E-state index in [1.54, 1.807) is 27.7 Å². The summed E-state index contributed by atoms with van der Waals surface area (Å²) in [6.07, 6.45) is 0. The van der Waals surface area contributed by atoms with Crippen LogP contribution in [0.2, 0.25) is 0 Å². The lowest BCUT2D eigenvalue weighted by Crippen LogP contribution is -2.48. The van der Waals surface area contributed by atoms with Gasteiger partial charge in [0.05, 0.1) is 0 Å². The molecule has 0 atom stereocenters. The molecule has 16 heavy (non-hydrogen) atoms. The van der Waals surface area contributed by atoms with Crippen LogP contribution in [0.3, 0.4) is 0 Å². The smallest absolute Gasteiger partial charge is 0.201 e. The Morgan fingerprint density at radius 2 is 1.38 bits per heavy atom. The highest BCUT2D eigenvalue weighted by Crippen LogP contribution is 2.16. The molecule has 0 aliphatic rings. The maximum Gasteiger partial charge on any atom is 0.334 e. The van der Waals surface area contributed by atoms with Crippen LogP contribution in [0.15, 0.2) is 0 Å². The zero-order valence-electron chi connectivity index (χ0n) is 10.3. The summed E-state index contributed by atoms with van der Waals surface area (Å²) in [6.45, 7) is 8.13. The molecule has 1 N–H and O–H groups in total. The highest BCUT2D eigenvalue weighted by atomic mass is 33.2. The van der Waals surface area contributed by atoms with Gasteiger partial charge in [-0.05, 0) is 27.7 Å². The van der Waals surface area contributed by atoms with Crippen LogP contribution in [0, 0.1) is 0 Å². The average Bonchev–Trinajstić information content (AvgIpc) is 2.00. The zero-order valence-corrected chi connectivity index (χ0v) is 11.9. The molecule has 6 nitrogen and oxygen atoms in total. The lowest BCUT2D eigenvalue weighted by atomic mass is 10.3. The van der Waals surface area contributed by atoms with E-state index >= 15 is 0 Å². The van der Waals surface area contributed by atoms with E-state index < -0.39 is 30.2 Å². The van der Waals surface area contributed by atoms with E-state index in [2.05, 4.69) is 0 Å². The maximum absolute atomic E-state index is 11.9. The van der Waals surface area contributed by atoms with Crippen molar-refractivity contribution in [2.24, 2.45) is 0 Å². The van der Waals surface area contributed by atoms with Crippen LogP contribution in [-0.2, 0) is 18.1 Å². The van der Waals surface area contributed by atoms with E-state index in [1.165, 1.54) is 6.92 Å². The van der Waals surface area contributed by atoms with Crippen molar-refractivity contribution in [2.45, 2.75) is 46.7 Å². The summed E-state index contributed by atoms with van der Waals surface area (Å²) >= 11 is 0. The van der Waals surface area contributed by atoms with Crippen LogP contribution in [0.4, 0.5) is 0 Å². The van der Waals surface area contributed by atoms with Crippen LogP contribution in [0.1, 0.15) is 34.6 Å². The van der Waals surface area contributed by atoms with Gasteiger partial charge in [-0.3, -0.25) is 0 Å². The summed E-state index contributed by atoms with van der Waals surface area (Å²) in [5.41, 5.74) is 0. The number of rotatable bonds is 6. The van der Waals surface area contributed by atoms with Gasteiger partial charge in [-0.1, -0.05) is 6.92 Å². The minimum atomic E-state index is -4.37. The normalized spacial score (nSPS) is 14.0. The third kappa shape index (κ3) is 3.16. The first-order chi connectivity index (χ1) is 7.08. The molecule has 0 spiro atoms. The number of hydrogen-bond donors (Lipinski definition) is 1. The molecule has 0 aromatic carbocycles. The second kappa shape index (κ2) is 5.44. The first-order valence-corrected chi connectivity index (χ1v) is 8.55. The van der Waals surface area contributed by atoms with Gasteiger partial charge in [-0.2, -0.15) is 21.1 Å². The van der Waals surface area contributed by atoms with Gasteiger partial charge in [0.2, 0.25) is 0 Å². The van der Waals surface area contributed by atoms with Gasteiger partial charge in [-0.15, -0.1) is 0 Å². The molecule has 0 saturated heterocycles. The Labute approximate surface area is 97.5 Å². The summed E-state index contributed by atoms with van der Waals surface area (Å²) in [7, 11) is -8.72. The molecule has 0 bridgehead atoms. The van der Waals surface area contributed by atoms with Crippen molar-refractivity contribution < 1.29 is 16.8 Å². The average molecular weight is 272 g/mol. The molecule has 0 heterocycles. The van der Waals surface area contributed by atoms with Crippen molar-refractivity contribution in [2.75, 3.05) is 6.54 Å².